The fraction of sp³-hybridized carbons (Fsp3) is 0.467. The third kappa shape index (κ3) is 3.96. The molecule has 1 aromatic rings. The van der Waals surface area contributed by atoms with Gasteiger partial charge in [0.2, 0.25) is 11.8 Å². The van der Waals surface area contributed by atoms with Gasteiger partial charge in [0, 0.05) is 10.9 Å². The minimum absolute atomic E-state index is 0.105. The Labute approximate surface area is 133 Å². The molecule has 7 heteroatoms. The van der Waals surface area contributed by atoms with E-state index in [1.165, 1.54) is 12.1 Å². The van der Waals surface area contributed by atoms with Crippen LogP contribution in [0.5, 0.6) is 0 Å². The number of benzene rings is 1. The summed E-state index contributed by atoms with van der Waals surface area (Å²) < 4.78 is 13.7. The third-order valence-corrected chi connectivity index (χ3v) is 4.28. The predicted molar refractivity (Wildman–Crippen MR) is 83.0 cm³/mol. The van der Waals surface area contributed by atoms with Gasteiger partial charge in [0.05, 0.1) is 11.7 Å². The van der Waals surface area contributed by atoms with Crippen LogP contribution >= 0.6 is 11.6 Å². The van der Waals surface area contributed by atoms with Crippen molar-refractivity contribution in [3.05, 3.63) is 29.0 Å². The van der Waals surface area contributed by atoms with E-state index in [9.17, 15) is 14.0 Å². The van der Waals surface area contributed by atoms with Crippen molar-refractivity contribution in [2.45, 2.75) is 25.8 Å². The van der Waals surface area contributed by atoms with Gasteiger partial charge in [-0.15, -0.1) is 0 Å². The van der Waals surface area contributed by atoms with Gasteiger partial charge in [-0.1, -0.05) is 11.6 Å². The topological polar surface area (TPSA) is 75.4 Å². The van der Waals surface area contributed by atoms with Gasteiger partial charge in [0.15, 0.2) is 0 Å². The molecule has 1 heterocycles. The Hall–Kier alpha value is -1.66. The van der Waals surface area contributed by atoms with Crippen molar-refractivity contribution in [1.82, 2.24) is 4.90 Å². The number of hydrogen-bond acceptors (Lipinski definition) is 3. The first kappa shape index (κ1) is 16.7. The van der Waals surface area contributed by atoms with Gasteiger partial charge in [-0.2, -0.15) is 0 Å². The molecule has 0 aliphatic carbocycles. The average Bonchev–Trinajstić information content (AvgIpc) is 2.49. The van der Waals surface area contributed by atoms with Crippen LogP contribution in [0.4, 0.5) is 10.1 Å². The number of halogens is 2. The maximum atomic E-state index is 13.7. The molecule has 0 aromatic heterocycles. The van der Waals surface area contributed by atoms with E-state index in [4.69, 9.17) is 17.3 Å². The normalized spacial score (nSPS) is 18.0. The highest BCUT2D eigenvalue weighted by Gasteiger charge is 2.28. The third-order valence-electron chi connectivity index (χ3n) is 4.05. The minimum atomic E-state index is -0.569. The van der Waals surface area contributed by atoms with Crippen LogP contribution in [0.2, 0.25) is 5.02 Å². The smallest absolute Gasteiger partial charge is 0.241 e. The molecular weight excluding hydrogens is 309 g/mol. The quantitative estimate of drug-likeness (QED) is 0.888. The van der Waals surface area contributed by atoms with Crippen LogP contribution < -0.4 is 11.1 Å². The maximum absolute atomic E-state index is 13.7. The van der Waals surface area contributed by atoms with Crippen molar-refractivity contribution >= 4 is 29.1 Å². The number of primary amides is 1. The Kier molecular flexibility index (Phi) is 5.37. The van der Waals surface area contributed by atoms with Crippen molar-refractivity contribution in [1.29, 1.82) is 0 Å². The molecule has 1 fully saturated rings. The zero-order chi connectivity index (χ0) is 16.3. The highest BCUT2D eigenvalue weighted by molar-refractivity contribution is 6.30. The van der Waals surface area contributed by atoms with E-state index in [0.29, 0.717) is 25.9 Å². The Bertz CT molecular complexity index is 574. The number of nitrogens with one attached hydrogen (secondary N) is 1. The molecule has 1 atom stereocenters. The lowest BCUT2D eigenvalue weighted by molar-refractivity contribution is -0.124. The summed E-state index contributed by atoms with van der Waals surface area (Å²) in [6.45, 7) is 2.99. The summed E-state index contributed by atoms with van der Waals surface area (Å²) in [5.41, 5.74) is 5.40. The molecule has 2 rings (SSSR count). The Morgan fingerprint density at radius 2 is 2.05 bits per heavy atom. The van der Waals surface area contributed by atoms with Gasteiger partial charge >= 0.3 is 0 Å². The number of piperidine rings is 1. The van der Waals surface area contributed by atoms with Crippen molar-refractivity contribution in [3.8, 4) is 0 Å². The van der Waals surface area contributed by atoms with E-state index in [1.54, 1.807) is 6.92 Å². The first-order valence-electron chi connectivity index (χ1n) is 7.17. The van der Waals surface area contributed by atoms with Crippen LogP contribution in [-0.4, -0.2) is 35.8 Å². The lowest BCUT2D eigenvalue weighted by atomic mass is 9.95. The molecule has 1 aliphatic rings. The summed E-state index contributed by atoms with van der Waals surface area (Å²) >= 11 is 5.68. The van der Waals surface area contributed by atoms with Crippen molar-refractivity contribution < 1.29 is 14.0 Å². The Morgan fingerprint density at radius 1 is 1.41 bits per heavy atom. The SMILES string of the molecule is C[C@@H](C(=O)Nc1ccc(Cl)cc1F)N1CCC(C(N)=O)CC1. The van der Waals surface area contributed by atoms with Crippen LogP contribution in [0.1, 0.15) is 19.8 Å². The Morgan fingerprint density at radius 3 is 2.59 bits per heavy atom. The minimum Gasteiger partial charge on any atom is -0.369 e. The van der Waals surface area contributed by atoms with Crippen LogP contribution in [0.25, 0.3) is 0 Å². The van der Waals surface area contributed by atoms with E-state index in [1.807, 2.05) is 4.90 Å². The number of nitrogens with two attached hydrogens (primary N) is 1. The largest absolute Gasteiger partial charge is 0.369 e. The van der Waals surface area contributed by atoms with Crippen molar-refractivity contribution in [3.63, 3.8) is 0 Å². The monoisotopic (exact) mass is 327 g/mol. The van der Waals surface area contributed by atoms with Gasteiger partial charge in [0.25, 0.3) is 0 Å². The lowest BCUT2D eigenvalue weighted by Crippen LogP contribution is -2.47. The van der Waals surface area contributed by atoms with Crippen LogP contribution in [0, 0.1) is 11.7 Å². The fourth-order valence-electron chi connectivity index (χ4n) is 2.57. The van der Waals surface area contributed by atoms with Crippen LogP contribution in [0.15, 0.2) is 18.2 Å². The van der Waals surface area contributed by atoms with E-state index in [-0.39, 0.29) is 28.4 Å². The fourth-order valence-corrected chi connectivity index (χ4v) is 2.72. The number of carbonyl (C=O) groups is 2. The van der Waals surface area contributed by atoms with Gasteiger partial charge in [-0.3, -0.25) is 14.5 Å². The lowest BCUT2D eigenvalue weighted by Gasteiger charge is -2.34. The molecule has 22 heavy (non-hydrogen) atoms. The molecule has 5 nitrogen and oxygen atoms in total. The van der Waals surface area contributed by atoms with E-state index < -0.39 is 11.9 Å². The second-order valence-corrected chi connectivity index (χ2v) is 5.94. The summed E-state index contributed by atoms with van der Waals surface area (Å²) in [5.74, 6) is -1.28. The molecule has 0 spiro atoms. The molecule has 1 aromatic carbocycles. The molecule has 2 amide bonds. The molecule has 1 saturated heterocycles. The second kappa shape index (κ2) is 7.07. The van der Waals surface area contributed by atoms with Gasteiger partial charge in [0.1, 0.15) is 5.82 Å². The number of anilines is 1. The van der Waals surface area contributed by atoms with Crippen LogP contribution in [0.3, 0.4) is 0 Å². The highest BCUT2D eigenvalue weighted by Crippen LogP contribution is 2.21. The number of nitrogens with zero attached hydrogens (tertiary/aromatic N) is 1. The average molecular weight is 328 g/mol. The van der Waals surface area contributed by atoms with Gasteiger partial charge < -0.3 is 11.1 Å². The molecule has 3 N–H and O–H groups in total. The second-order valence-electron chi connectivity index (χ2n) is 5.50. The summed E-state index contributed by atoms with van der Waals surface area (Å²) in [6, 6.07) is 3.69. The Balaban J connectivity index is 1.94. The molecule has 0 unspecified atom stereocenters. The van der Waals surface area contributed by atoms with Crippen molar-refractivity contribution in [2.24, 2.45) is 11.7 Å². The summed E-state index contributed by atoms with van der Waals surface area (Å²) in [6.07, 6.45) is 1.28. The predicted octanol–water partition coefficient (Wildman–Crippen LogP) is 2.00. The molecule has 0 radical (unpaired) electrons. The number of rotatable bonds is 4. The summed E-state index contributed by atoms with van der Waals surface area (Å²) in [5, 5.41) is 2.84. The summed E-state index contributed by atoms with van der Waals surface area (Å²) in [7, 11) is 0. The summed E-state index contributed by atoms with van der Waals surface area (Å²) in [4.78, 5) is 25.3. The molecule has 0 saturated carbocycles. The van der Waals surface area contributed by atoms with E-state index >= 15 is 0 Å². The van der Waals surface area contributed by atoms with E-state index in [2.05, 4.69) is 5.32 Å². The molecule has 120 valence electrons. The number of likely N-dealkylation sites (tertiary alicyclic amines) is 1. The first-order chi connectivity index (χ1) is 10.4. The van der Waals surface area contributed by atoms with Gasteiger partial charge in [-0.25, -0.2) is 4.39 Å². The van der Waals surface area contributed by atoms with Crippen molar-refractivity contribution in [2.75, 3.05) is 18.4 Å². The molecular formula is C15H19ClFN3O2. The number of hydrogen-bond donors (Lipinski definition) is 2. The zero-order valence-corrected chi connectivity index (χ0v) is 13.1. The first-order valence-corrected chi connectivity index (χ1v) is 7.55. The van der Waals surface area contributed by atoms with E-state index in [0.717, 1.165) is 6.07 Å². The highest BCUT2D eigenvalue weighted by atomic mass is 35.5. The van der Waals surface area contributed by atoms with Crippen LogP contribution in [-0.2, 0) is 9.59 Å². The molecule has 0 bridgehead atoms. The van der Waals surface area contributed by atoms with Gasteiger partial charge in [-0.05, 0) is 51.1 Å². The maximum Gasteiger partial charge on any atom is 0.241 e. The zero-order valence-electron chi connectivity index (χ0n) is 12.3. The number of amides is 2. The standard InChI is InChI=1S/C15H19ClFN3O2/c1-9(20-6-4-10(5-7-20)14(18)21)15(22)19-13-3-2-11(16)8-12(13)17/h2-3,8-10H,4-7H2,1H3,(H2,18,21)(H,19,22)/t9-/m0/s1. The number of carbonyl (C=O) groups excluding carboxylic acids is 2. The molecule has 1 aliphatic heterocycles.